The molecular weight excluding hydrogens is 180 g/mol. The molecule has 1 aromatic carbocycles. The zero-order valence-electron chi connectivity index (χ0n) is 7.14. The minimum atomic E-state index is -0.0463. The van der Waals surface area contributed by atoms with Gasteiger partial charge in [0.15, 0.2) is 5.71 Å². The highest BCUT2D eigenvalue weighted by atomic mass is 16.4. The van der Waals surface area contributed by atoms with Gasteiger partial charge in [0, 0.05) is 5.39 Å². The largest absolute Gasteiger partial charge is 0.464 e. The monoisotopic (exact) mass is 186 g/mol. The molecule has 0 unspecified atom stereocenters. The van der Waals surface area contributed by atoms with Crippen LogP contribution in [0.4, 0.5) is 0 Å². The van der Waals surface area contributed by atoms with Gasteiger partial charge in [-0.2, -0.15) is 5.26 Å². The molecule has 0 spiro atoms. The van der Waals surface area contributed by atoms with Gasteiger partial charge in [-0.25, -0.2) is 0 Å². The van der Waals surface area contributed by atoms with Gasteiger partial charge in [-0.3, -0.25) is 0 Å². The molecule has 1 aromatic heterocycles. The standard InChI is InChI=1S/C10H6N2O2/c11-5-9(12-13)8-6-14-10-4-2-1-3-7(8)10/h1-4,6,13H. The van der Waals surface area contributed by atoms with E-state index in [1.807, 2.05) is 12.1 Å². The summed E-state index contributed by atoms with van der Waals surface area (Å²) in [7, 11) is 0. The van der Waals surface area contributed by atoms with Crippen LogP contribution in [0.3, 0.4) is 0 Å². The number of para-hydroxylation sites is 1. The van der Waals surface area contributed by atoms with E-state index in [1.165, 1.54) is 6.26 Å². The van der Waals surface area contributed by atoms with E-state index in [1.54, 1.807) is 18.2 Å². The number of hydrogen-bond donors (Lipinski definition) is 1. The van der Waals surface area contributed by atoms with Crippen LogP contribution in [0.25, 0.3) is 11.0 Å². The quantitative estimate of drug-likeness (QED) is 0.421. The van der Waals surface area contributed by atoms with E-state index in [9.17, 15) is 0 Å². The van der Waals surface area contributed by atoms with Crippen LogP contribution in [0.5, 0.6) is 0 Å². The molecule has 2 aromatic rings. The Balaban J connectivity index is 2.71. The number of benzene rings is 1. The van der Waals surface area contributed by atoms with Gasteiger partial charge in [-0.05, 0) is 6.07 Å². The molecule has 0 amide bonds. The van der Waals surface area contributed by atoms with Crippen LogP contribution in [0.15, 0.2) is 40.1 Å². The Bertz CT molecular complexity index is 534. The predicted octanol–water partition coefficient (Wildman–Crippen LogP) is 2.13. The maximum atomic E-state index is 8.67. The topological polar surface area (TPSA) is 69.5 Å². The van der Waals surface area contributed by atoms with E-state index in [0.717, 1.165) is 5.39 Å². The summed E-state index contributed by atoms with van der Waals surface area (Å²) in [6.07, 6.45) is 1.41. The lowest BCUT2D eigenvalue weighted by Gasteiger charge is -1.90. The van der Waals surface area contributed by atoms with Crippen LogP contribution in [0, 0.1) is 11.3 Å². The van der Waals surface area contributed by atoms with Gasteiger partial charge >= 0.3 is 0 Å². The van der Waals surface area contributed by atoms with Crippen LogP contribution in [0.2, 0.25) is 0 Å². The minimum absolute atomic E-state index is 0.0463. The van der Waals surface area contributed by atoms with Gasteiger partial charge < -0.3 is 9.62 Å². The summed E-state index contributed by atoms with van der Waals surface area (Å²) in [6.45, 7) is 0. The third-order valence-electron chi connectivity index (χ3n) is 1.94. The van der Waals surface area contributed by atoms with E-state index in [2.05, 4.69) is 5.16 Å². The first kappa shape index (κ1) is 8.32. The fourth-order valence-electron chi connectivity index (χ4n) is 1.30. The van der Waals surface area contributed by atoms with Gasteiger partial charge in [0.1, 0.15) is 17.9 Å². The molecule has 0 aliphatic rings. The molecule has 0 aliphatic heterocycles. The first-order valence-electron chi connectivity index (χ1n) is 3.95. The highest BCUT2D eigenvalue weighted by molar-refractivity contribution is 6.17. The average molecular weight is 186 g/mol. The summed E-state index contributed by atoms with van der Waals surface area (Å²) >= 11 is 0. The zero-order valence-corrected chi connectivity index (χ0v) is 7.14. The number of nitrogens with zero attached hydrogens (tertiary/aromatic N) is 2. The molecule has 0 fully saturated rings. The number of furan rings is 1. The Hall–Kier alpha value is -2.28. The molecule has 14 heavy (non-hydrogen) atoms. The van der Waals surface area contributed by atoms with E-state index in [-0.39, 0.29) is 5.71 Å². The molecule has 0 bridgehead atoms. The van der Waals surface area contributed by atoms with Crippen LogP contribution in [0.1, 0.15) is 5.56 Å². The Kier molecular flexibility index (Phi) is 1.92. The van der Waals surface area contributed by atoms with Crippen molar-refractivity contribution < 1.29 is 9.62 Å². The average Bonchev–Trinajstić information content (AvgIpc) is 2.65. The first-order chi connectivity index (χ1) is 6.86. The second kappa shape index (κ2) is 3.23. The second-order valence-corrected chi connectivity index (χ2v) is 2.71. The van der Waals surface area contributed by atoms with Gasteiger partial charge in [0.25, 0.3) is 0 Å². The summed E-state index contributed by atoms with van der Waals surface area (Å²) in [4.78, 5) is 0. The fourth-order valence-corrected chi connectivity index (χ4v) is 1.30. The molecule has 0 aliphatic carbocycles. The summed E-state index contributed by atoms with van der Waals surface area (Å²) in [5.41, 5.74) is 1.12. The maximum absolute atomic E-state index is 8.67. The fraction of sp³-hybridized carbons (Fsp3) is 0. The highest BCUT2D eigenvalue weighted by Crippen LogP contribution is 2.20. The molecule has 4 heteroatoms. The Morgan fingerprint density at radius 1 is 1.43 bits per heavy atom. The third-order valence-corrected chi connectivity index (χ3v) is 1.94. The first-order valence-corrected chi connectivity index (χ1v) is 3.95. The van der Waals surface area contributed by atoms with E-state index in [0.29, 0.717) is 11.1 Å². The van der Waals surface area contributed by atoms with Crippen molar-refractivity contribution in [3.8, 4) is 6.07 Å². The van der Waals surface area contributed by atoms with Crippen molar-refractivity contribution in [2.24, 2.45) is 5.16 Å². The molecule has 0 radical (unpaired) electrons. The van der Waals surface area contributed by atoms with Crippen LogP contribution >= 0.6 is 0 Å². The van der Waals surface area contributed by atoms with Crippen molar-refractivity contribution in [2.75, 3.05) is 0 Å². The number of oxime groups is 1. The van der Waals surface area contributed by atoms with Crippen LogP contribution in [-0.4, -0.2) is 10.9 Å². The molecule has 4 nitrogen and oxygen atoms in total. The van der Waals surface area contributed by atoms with Crippen molar-refractivity contribution in [3.05, 3.63) is 36.1 Å². The van der Waals surface area contributed by atoms with Crippen LogP contribution < -0.4 is 0 Å². The predicted molar refractivity (Wildman–Crippen MR) is 50.2 cm³/mol. The van der Waals surface area contributed by atoms with Crippen molar-refractivity contribution in [3.63, 3.8) is 0 Å². The van der Waals surface area contributed by atoms with Crippen molar-refractivity contribution in [1.82, 2.24) is 0 Å². The zero-order chi connectivity index (χ0) is 9.97. The third kappa shape index (κ3) is 1.12. The lowest BCUT2D eigenvalue weighted by atomic mass is 10.1. The lowest BCUT2D eigenvalue weighted by Crippen LogP contribution is -1.94. The second-order valence-electron chi connectivity index (χ2n) is 2.71. The van der Waals surface area contributed by atoms with Gasteiger partial charge in [0.2, 0.25) is 0 Å². The summed E-state index contributed by atoms with van der Waals surface area (Å²) in [5, 5.41) is 20.9. The van der Waals surface area contributed by atoms with Crippen molar-refractivity contribution in [2.45, 2.75) is 0 Å². The molecule has 0 saturated carbocycles. The SMILES string of the molecule is N#CC(=NO)c1coc2ccccc12. The highest BCUT2D eigenvalue weighted by Gasteiger charge is 2.10. The van der Waals surface area contributed by atoms with Gasteiger partial charge in [-0.15, -0.1) is 0 Å². The molecule has 0 saturated heterocycles. The Morgan fingerprint density at radius 2 is 2.21 bits per heavy atom. The molecule has 1 N–H and O–H groups in total. The number of nitriles is 1. The van der Waals surface area contributed by atoms with E-state index < -0.39 is 0 Å². The molecule has 2 rings (SSSR count). The van der Waals surface area contributed by atoms with Gasteiger partial charge in [0.05, 0.1) is 5.56 Å². The molecular formula is C10H6N2O2. The smallest absolute Gasteiger partial charge is 0.190 e. The molecule has 1 heterocycles. The van der Waals surface area contributed by atoms with Crippen LogP contribution in [-0.2, 0) is 0 Å². The number of fused-ring (bicyclic) bond motifs is 1. The Morgan fingerprint density at radius 3 is 2.93 bits per heavy atom. The summed E-state index contributed by atoms with van der Waals surface area (Å²) in [6, 6.07) is 9.03. The number of rotatable bonds is 1. The maximum Gasteiger partial charge on any atom is 0.190 e. The molecule has 68 valence electrons. The normalized spacial score (nSPS) is 11.5. The number of hydrogen-bond acceptors (Lipinski definition) is 4. The summed E-state index contributed by atoms with van der Waals surface area (Å²) < 4.78 is 5.19. The Labute approximate surface area is 79.7 Å². The van der Waals surface area contributed by atoms with Gasteiger partial charge in [-0.1, -0.05) is 23.4 Å². The van der Waals surface area contributed by atoms with Crippen molar-refractivity contribution >= 4 is 16.7 Å². The van der Waals surface area contributed by atoms with Crippen molar-refractivity contribution in [1.29, 1.82) is 5.26 Å². The van der Waals surface area contributed by atoms with E-state index >= 15 is 0 Å². The minimum Gasteiger partial charge on any atom is -0.464 e. The summed E-state index contributed by atoms with van der Waals surface area (Å²) in [5.74, 6) is 0. The molecule has 0 atom stereocenters. The lowest BCUT2D eigenvalue weighted by molar-refractivity contribution is 0.320. The van der Waals surface area contributed by atoms with E-state index in [4.69, 9.17) is 14.9 Å².